The van der Waals surface area contributed by atoms with E-state index in [1.807, 2.05) is 5.32 Å². The van der Waals surface area contributed by atoms with Gasteiger partial charge in [-0.3, -0.25) is 9.59 Å². The van der Waals surface area contributed by atoms with E-state index in [1.165, 1.54) is 0 Å². The van der Waals surface area contributed by atoms with Crippen LogP contribution >= 0.6 is 0 Å². The van der Waals surface area contributed by atoms with Gasteiger partial charge in [0.2, 0.25) is 0 Å². The van der Waals surface area contributed by atoms with Crippen LogP contribution in [0.15, 0.2) is 12.1 Å². The predicted octanol–water partition coefficient (Wildman–Crippen LogP) is 0.787. The van der Waals surface area contributed by atoms with E-state index >= 15 is 0 Å². The van der Waals surface area contributed by atoms with E-state index in [0.29, 0.717) is 6.07 Å². The molecule has 1 aromatic rings. The summed E-state index contributed by atoms with van der Waals surface area (Å²) < 4.78 is 38.8. The molecule has 0 saturated heterocycles. The highest BCUT2D eigenvalue weighted by atomic mass is 19.2. The second kappa shape index (κ2) is 6.90. The predicted molar refractivity (Wildman–Crippen MR) is 64.2 cm³/mol. The van der Waals surface area contributed by atoms with Gasteiger partial charge in [0, 0.05) is 13.2 Å². The Bertz CT molecular complexity index is 523. The van der Waals surface area contributed by atoms with Crippen LogP contribution in [0.3, 0.4) is 0 Å². The van der Waals surface area contributed by atoms with Gasteiger partial charge >= 0.3 is 11.8 Å². The molecule has 5 nitrogen and oxygen atoms in total. The molecule has 2 amide bonds. The first kappa shape index (κ1) is 16.0. The van der Waals surface area contributed by atoms with Gasteiger partial charge in [0.05, 0.1) is 5.69 Å². The lowest BCUT2D eigenvalue weighted by atomic mass is 10.2. The first-order chi connectivity index (χ1) is 9.36. The van der Waals surface area contributed by atoms with E-state index in [9.17, 15) is 22.8 Å². The topological polar surface area (TPSA) is 78.4 Å². The van der Waals surface area contributed by atoms with Crippen molar-refractivity contribution in [3.05, 3.63) is 29.6 Å². The Morgan fingerprint density at radius 2 is 1.85 bits per heavy atom. The van der Waals surface area contributed by atoms with Gasteiger partial charge in [0.25, 0.3) is 0 Å². The lowest BCUT2D eigenvalue weighted by molar-refractivity contribution is -0.136. The highest BCUT2D eigenvalue weighted by Gasteiger charge is 2.19. The Balaban J connectivity index is 2.67. The van der Waals surface area contributed by atoms with E-state index in [0.717, 1.165) is 6.07 Å². The molecule has 0 aliphatic rings. The van der Waals surface area contributed by atoms with Crippen molar-refractivity contribution < 1.29 is 27.9 Å². The van der Waals surface area contributed by atoms with Crippen LogP contribution in [0, 0.1) is 23.4 Å². The number of aliphatic hydroxyl groups excluding tert-OH is 1. The summed E-state index contributed by atoms with van der Waals surface area (Å²) in [4.78, 5) is 22.7. The van der Waals surface area contributed by atoms with Crippen LogP contribution in [0.25, 0.3) is 0 Å². The molecule has 0 bridgehead atoms. The van der Waals surface area contributed by atoms with E-state index in [4.69, 9.17) is 5.11 Å². The average molecular weight is 290 g/mol. The third kappa shape index (κ3) is 3.95. The van der Waals surface area contributed by atoms with Crippen molar-refractivity contribution in [1.82, 2.24) is 5.32 Å². The number of carbonyl (C=O) groups is 2. The molecular formula is C12H13F3N2O3. The smallest absolute Gasteiger partial charge is 0.313 e. The number of anilines is 1. The summed E-state index contributed by atoms with van der Waals surface area (Å²) in [6.45, 7) is 1.50. The summed E-state index contributed by atoms with van der Waals surface area (Å²) >= 11 is 0. The van der Waals surface area contributed by atoms with E-state index in [2.05, 4.69) is 5.32 Å². The molecule has 0 saturated carbocycles. The first-order valence-electron chi connectivity index (χ1n) is 5.70. The number of hydrogen-bond acceptors (Lipinski definition) is 3. The van der Waals surface area contributed by atoms with Gasteiger partial charge in [0.1, 0.15) is 0 Å². The van der Waals surface area contributed by atoms with Gasteiger partial charge in [-0.15, -0.1) is 0 Å². The second-order valence-corrected chi connectivity index (χ2v) is 4.17. The number of aliphatic hydroxyl groups is 1. The van der Waals surface area contributed by atoms with E-state index in [-0.39, 0.29) is 19.1 Å². The Morgan fingerprint density at radius 3 is 2.45 bits per heavy atom. The van der Waals surface area contributed by atoms with E-state index in [1.54, 1.807) is 6.92 Å². The Hall–Kier alpha value is -2.09. The molecular weight excluding hydrogens is 277 g/mol. The van der Waals surface area contributed by atoms with Crippen LogP contribution in [0.1, 0.15) is 6.92 Å². The number of benzene rings is 1. The van der Waals surface area contributed by atoms with Crippen LogP contribution in [-0.4, -0.2) is 30.1 Å². The highest BCUT2D eigenvalue weighted by Crippen LogP contribution is 2.19. The Labute approximate surface area is 112 Å². The fraction of sp³-hybridized carbons (Fsp3) is 0.333. The van der Waals surface area contributed by atoms with Crippen LogP contribution < -0.4 is 10.6 Å². The molecule has 0 aromatic heterocycles. The molecule has 1 atom stereocenters. The van der Waals surface area contributed by atoms with Crippen LogP contribution in [0.5, 0.6) is 0 Å². The molecule has 3 N–H and O–H groups in total. The third-order valence-electron chi connectivity index (χ3n) is 2.41. The lowest BCUT2D eigenvalue weighted by Gasteiger charge is -2.10. The monoisotopic (exact) mass is 290 g/mol. The highest BCUT2D eigenvalue weighted by molar-refractivity contribution is 6.39. The molecule has 1 rings (SSSR count). The zero-order valence-electron chi connectivity index (χ0n) is 10.5. The molecule has 0 spiro atoms. The molecule has 1 unspecified atom stereocenters. The van der Waals surface area contributed by atoms with Crippen molar-refractivity contribution in [2.75, 3.05) is 18.5 Å². The minimum atomic E-state index is -1.74. The van der Waals surface area contributed by atoms with Gasteiger partial charge in [0.15, 0.2) is 17.5 Å². The summed E-state index contributed by atoms with van der Waals surface area (Å²) in [7, 11) is 0. The van der Waals surface area contributed by atoms with Gasteiger partial charge in [-0.05, 0) is 18.1 Å². The maximum absolute atomic E-state index is 13.3. The summed E-state index contributed by atoms with van der Waals surface area (Å²) in [5.74, 6) is -7.28. The normalized spacial score (nSPS) is 11.8. The van der Waals surface area contributed by atoms with Crippen molar-refractivity contribution in [3.63, 3.8) is 0 Å². The first-order valence-corrected chi connectivity index (χ1v) is 5.70. The molecule has 1 aromatic carbocycles. The SMILES string of the molecule is CC(CO)CNC(=O)C(=O)Nc1ccc(F)c(F)c1F. The largest absolute Gasteiger partial charge is 0.396 e. The maximum Gasteiger partial charge on any atom is 0.313 e. The molecule has 0 aliphatic carbocycles. The van der Waals surface area contributed by atoms with Gasteiger partial charge in [-0.2, -0.15) is 0 Å². The number of halogens is 3. The average Bonchev–Trinajstić information content (AvgIpc) is 2.44. The number of nitrogens with one attached hydrogen (secondary N) is 2. The second-order valence-electron chi connectivity index (χ2n) is 4.17. The minimum absolute atomic E-state index is 0.0447. The van der Waals surface area contributed by atoms with Crippen molar-refractivity contribution in [3.8, 4) is 0 Å². The summed E-state index contributed by atoms with van der Waals surface area (Å²) in [5, 5.41) is 12.8. The van der Waals surface area contributed by atoms with Crippen molar-refractivity contribution in [2.24, 2.45) is 5.92 Å². The standard InChI is InChI=1S/C12H13F3N2O3/c1-6(5-18)4-16-11(19)12(20)17-8-3-2-7(13)9(14)10(8)15/h2-3,6,18H,4-5H2,1H3,(H,16,19)(H,17,20). The van der Waals surface area contributed by atoms with Crippen LogP contribution in [-0.2, 0) is 9.59 Å². The molecule has 0 heterocycles. The molecule has 110 valence electrons. The summed E-state index contributed by atoms with van der Waals surface area (Å²) in [6, 6.07) is 1.43. The number of carbonyl (C=O) groups excluding carboxylic acids is 2. The fourth-order valence-corrected chi connectivity index (χ4v) is 1.21. The Kier molecular flexibility index (Phi) is 5.51. The molecule has 0 fully saturated rings. The van der Waals surface area contributed by atoms with Crippen LogP contribution in [0.2, 0.25) is 0 Å². The lowest BCUT2D eigenvalue weighted by Crippen LogP contribution is -2.38. The molecule has 8 heteroatoms. The van der Waals surface area contributed by atoms with E-state index < -0.39 is 35.0 Å². The quantitative estimate of drug-likeness (QED) is 0.566. The number of hydrogen-bond donors (Lipinski definition) is 3. The molecule has 0 radical (unpaired) electrons. The van der Waals surface area contributed by atoms with Crippen molar-refractivity contribution in [2.45, 2.75) is 6.92 Å². The van der Waals surface area contributed by atoms with Crippen molar-refractivity contribution in [1.29, 1.82) is 0 Å². The van der Waals surface area contributed by atoms with Gasteiger partial charge in [-0.1, -0.05) is 6.92 Å². The number of amides is 2. The zero-order valence-corrected chi connectivity index (χ0v) is 10.5. The zero-order chi connectivity index (χ0) is 15.3. The summed E-state index contributed by atoms with van der Waals surface area (Å²) in [5.41, 5.74) is -0.640. The van der Waals surface area contributed by atoms with Crippen LogP contribution in [0.4, 0.5) is 18.9 Å². The minimum Gasteiger partial charge on any atom is -0.396 e. The number of rotatable bonds is 4. The van der Waals surface area contributed by atoms with Gasteiger partial charge in [-0.25, -0.2) is 13.2 Å². The summed E-state index contributed by atoms with van der Waals surface area (Å²) in [6.07, 6.45) is 0. The Morgan fingerprint density at radius 1 is 1.20 bits per heavy atom. The van der Waals surface area contributed by atoms with Gasteiger partial charge < -0.3 is 15.7 Å². The molecule has 20 heavy (non-hydrogen) atoms. The fourth-order valence-electron chi connectivity index (χ4n) is 1.21. The van der Waals surface area contributed by atoms with Crippen molar-refractivity contribution >= 4 is 17.5 Å². The maximum atomic E-state index is 13.3. The molecule has 0 aliphatic heterocycles. The third-order valence-corrected chi connectivity index (χ3v) is 2.41.